The molecule has 0 unspecified atom stereocenters. The quantitative estimate of drug-likeness (QED) is 0.546. The Morgan fingerprint density at radius 2 is 1.71 bits per heavy atom. The number of alkyl halides is 3. The zero-order valence-electron chi connectivity index (χ0n) is 15.0. The molecule has 6 heteroatoms. The molecule has 0 radical (unpaired) electrons. The summed E-state index contributed by atoms with van der Waals surface area (Å²) in [7, 11) is 0. The van der Waals surface area contributed by atoms with E-state index in [4.69, 9.17) is 0 Å². The fourth-order valence-corrected chi connectivity index (χ4v) is 4.24. The Labute approximate surface area is 159 Å². The zero-order valence-corrected chi connectivity index (χ0v) is 15.0. The Morgan fingerprint density at radius 1 is 1.00 bits per heavy atom. The molecule has 1 heterocycles. The SMILES string of the molecule is CC1=NN(c2ccccc2)c2c(C(=O)C(F)(F)F)cc3c4c(ccc1c24)CC3. The first-order valence-electron chi connectivity index (χ1n) is 9.00. The van der Waals surface area contributed by atoms with Crippen LogP contribution in [0.3, 0.4) is 0 Å². The molecule has 0 atom stereocenters. The van der Waals surface area contributed by atoms with Crippen molar-refractivity contribution in [1.29, 1.82) is 0 Å². The van der Waals surface area contributed by atoms with Crippen LogP contribution in [0.2, 0.25) is 0 Å². The number of hydrogen-bond acceptors (Lipinski definition) is 3. The van der Waals surface area contributed by atoms with Gasteiger partial charge in [-0.3, -0.25) is 4.79 Å². The number of benzene rings is 3. The number of ketones is 1. The van der Waals surface area contributed by atoms with Crippen molar-refractivity contribution < 1.29 is 18.0 Å². The number of hydrogen-bond donors (Lipinski definition) is 0. The van der Waals surface area contributed by atoms with Gasteiger partial charge in [0, 0.05) is 10.9 Å². The van der Waals surface area contributed by atoms with Crippen LogP contribution in [0.5, 0.6) is 0 Å². The lowest BCUT2D eigenvalue weighted by atomic mass is 9.90. The van der Waals surface area contributed by atoms with Gasteiger partial charge >= 0.3 is 6.18 Å². The molecule has 3 aromatic rings. The lowest BCUT2D eigenvalue weighted by Gasteiger charge is -2.30. The van der Waals surface area contributed by atoms with Gasteiger partial charge in [0.2, 0.25) is 0 Å². The minimum atomic E-state index is -4.95. The molecule has 0 saturated heterocycles. The first kappa shape index (κ1) is 17.0. The summed E-state index contributed by atoms with van der Waals surface area (Å²) >= 11 is 0. The molecule has 0 aromatic heterocycles. The van der Waals surface area contributed by atoms with Crippen LogP contribution in [-0.2, 0) is 12.8 Å². The summed E-state index contributed by atoms with van der Waals surface area (Å²) in [5, 5.41) is 7.68. The van der Waals surface area contributed by atoms with E-state index in [0.717, 1.165) is 28.5 Å². The minimum Gasteiger partial charge on any atom is -0.284 e. The van der Waals surface area contributed by atoms with Gasteiger partial charge in [-0.05, 0) is 54.5 Å². The van der Waals surface area contributed by atoms with E-state index in [1.165, 1.54) is 11.1 Å². The zero-order chi connectivity index (χ0) is 19.6. The van der Waals surface area contributed by atoms with Gasteiger partial charge in [-0.2, -0.15) is 18.3 Å². The van der Waals surface area contributed by atoms with Gasteiger partial charge in [-0.15, -0.1) is 0 Å². The van der Waals surface area contributed by atoms with Crippen LogP contribution in [0.4, 0.5) is 24.5 Å². The van der Waals surface area contributed by atoms with Crippen LogP contribution in [0.15, 0.2) is 53.6 Å². The van der Waals surface area contributed by atoms with Crippen molar-refractivity contribution >= 4 is 33.6 Å². The van der Waals surface area contributed by atoms with Crippen molar-refractivity contribution in [2.75, 3.05) is 5.01 Å². The van der Waals surface area contributed by atoms with E-state index < -0.39 is 12.0 Å². The lowest BCUT2D eigenvalue weighted by Crippen LogP contribution is -2.27. The molecule has 1 aliphatic heterocycles. The number of aryl methyl sites for hydroxylation is 2. The number of anilines is 2. The number of nitrogens with zero attached hydrogens (tertiary/aromatic N) is 2. The molecule has 0 fully saturated rings. The molecule has 0 bridgehead atoms. The van der Waals surface area contributed by atoms with Crippen LogP contribution in [0.1, 0.15) is 34.0 Å². The van der Waals surface area contributed by atoms with Gasteiger partial charge in [0.05, 0.1) is 22.6 Å². The summed E-state index contributed by atoms with van der Waals surface area (Å²) in [6.07, 6.45) is -3.56. The third-order valence-electron chi connectivity index (χ3n) is 5.44. The van der Waals surface area contributed by atoms with Gasteiger partial charge in [0.1, 0.15) is 0 Å². The normalized spacial score (nSPS) is 15.1. The lowest BCUT2D eigenvalue weighted by molar-refractivity contribution is -0.0884. The van der Waals surface area contributed by atoms with E-state index in [9.17, 15) is 18.0 Å². The molecular weight excluding hydrogens is 365 g/mol. The molecule has 0 amide bonds. The van der Waals surface area contributed by atoms with E-state index in [-0.39, 0.29) is 11.3 Å². The molecule has 0 saturated carbocycles. The van der Waals surface area contributed by atoms with E-state index in [1.54, 1.807) is 24.3 Å². The highest BCUT2D eigenvalue weighted by Crippen LogP contribution is 2.47. The average Bonchev–Trinajstić information content (AvgIpc) is 3.10. The summed E-state index contributed by atoms with van der Waals surface area (Å²) in [6.45, 7) is 1.84. The number of carbonyl (C=O) groups is 1. The van der Waals surface area contributed by atoms with Gasteiger partial charge in [0.15, 0.2) is 0 Å². The van der Waals surface area contributed by atoms with E-state index in [0.29, 0.717) is 23.2 Å². The summed E-state index contributed by atoms with van der Waals surface area (Å²) in [5.41, 5.74) is 3.88. The number of rotatable bonds is 2. The van der Waals surface area contributed by atoms with E-state index in [2.05, 4.69) is 5.10 Å². The average molecular weight is 380 g/mol. The third-order valence-corrected chi connectivity index (χ3v) is 5.44. The Morgan fingerprint density at radius 3 is 2.43 bits per heavy atom. The number of para-hydroxylation sites is 1. The predicted octanol–water partition coefficient (Wildman–Crippen LogP) is 5.56. The number of halogens is 3. The topological polar surface area (TPSA) is 32.7 Å². The maximum absolute atomic E-state index is 13.4. The minimum absolute atomic E-state index is 0.219. The fourth-order valence-electron chi connectivity index (χ4n) is 4.24. The highest BCUT2D eigenvalue weighted by atomic mass is 19.4. The smallest absolute Gasteiger partial charge is 0.284 e. The van der Waals surface area contributed by atoms with Crippen LogP contribution >= 0.6 is 0 Å². The molecule has 1 aliphatic carbocycles. The van der Waals surface area contributed by atoms with Gasteiger partial charge in [-0.25, -0.2) is 5.01 Å². The van der Waals surface area contributed by atoms with Crippen molar-refractivity contribution in [3.8, 4) is 0 Å². The predicted molar refractivity (Wildman–Crippen MR) is 103 cm³/mol. The van der Waals surface area contributed by atoms with Gasteiger partial charge in [-0.1, -0.05) is 30.3 Å². The monoisotopic (exact) mass is 380 g/mol. The second-order valence-corrected chi connectivity index (χ2v) is 7.11. The molecule has 140 valence electrons. The van der Waals surface area contributed by atoms with Gasteiger partial charge in [0.25, 0.3) is 5.78 Å². The first-order chi connectivity index (χ1) is 13.4. The van der Waals surface area contributed by atoms with Crippen LogP contribution in [0, 0.1) is 0 Å². The highest BCUT2D eigenvalue weighted by molar-refractivity contribution is 6.23. The van der Waals surface area contributed by atoms with Crippen molar-refractivity contribution in [2.24, 2.45) is 5.10 Å². The Kier molecular flexibility index (Phi) is 3.44. The molecule has 0 N–H and O–H groups in total. The van der Waals surface area contributed by atoms with Crippen LogP contribution < -0.4 is 5.01 Å². The summed E-state index contributed by atoms with van der Waals surface area (Å²) in [5.74, 6) is -1.83. The number of hydrazone groups is 1. The highest BCUT2D eigenvalue weighted by Gasteiger charge is 2.43. The second-order valence-electron chi connectivity index (χ2n) is 7.11. The Hall–Kier alpha value is -3.15. The van der Waals surface area contributed by atoms with Crippen molar-refractivity contribution in [2.45, 2.75) is 25.9 Å². The third kappa shape index (κ3) is 2.30. The molecule has 3 nitrogen and oxygen atoms in total. The van der Waals surface area contributed by atoms with E-state index >= 15 is 0 Å². The van der Waals surface area contributed by atoms with Crippen LogP contribution in [0.25, 0.3) is 10.8 Å². The van der Waals surface area contributed by atoms with Crippen molar-refractivity contribution in [3.63, 3.8) is 0 Å². The molecule has 2 aliphatic rings. The molecule has 3 aromatic carbocycles. The second kappa shape index (κ2) is 5.67. The Balaban J connectivity index is 1.92. The summed E-state index contributed by atoms with van der Waals surface area (Å²) < 4.78 is 40.3. The molecule has 5 rings (SSSR count). The van der Waals surface area contributed by atoms with Crippen LogP contribution in [-0.4, -0.2) is 17.7 Å². The maximum Gasteiger partial charge on any atom is 0.454 e. The largest absolute Gasteiger partial charge is 0.454 e. The summed E-state index contributed by atoms with van der Waals surface area (Å²) in [4.78, 5) is 12.4. The maximum atomic E-state index is 13.4. The fraction of sp³-hybridized carbons (Fsp3) is 0.182. The number of Topliss-reactive ketones (excluding diaryl/α,β-unsaturated/α-hetero) is 1. The Bertz CT molecular complexity index is 1180. The molecule has 0 spiro atoms. The standard InChI is InChI=1S/C22H15F3N2O/c1-12-16-10-9-13-7-8-14-11-17(21(28)22(23,24)25)20(19(16)18(13)14)27(26-12)15-5-3-2-4-6-15/h2-6,9-11H,7-8H2,1H3. The van der Waals surface area contributed by atoms with Crippen molar-refractivity contribution in [1.82, 2.24) is 0 Å². The van der Waals surface area contributed by atoms with E-state index in [1.807, 2.05) is 25.1 Å². The van der Waals surface area contributed by atoms with Crippen molar-refractivity contribution in [3.05, 3.63) is 70.8 Å². The molecule has 28 heavy (non-hydrogen) atoms. The molecular formula is C22H15F3N2O. The number of carbonyl (C=O) groups excluding carboxylic acids is 1. The van der Waals surface area contributed by atoms with Gasteiger partial charge < -0.3 is 0 Å². The summed E-state index contributed by atoms with van der Waals surface area (Å²) in [6, 6.07) is 14.3. The first-order valence-corrected chi connectivity index (χ1v) is 9.00.